The summed E-state index contributed by atoms with van der Waals surface area (Å²) in [7, 11) is 1.74. The molecule has 0 saturated carbocycles. The molecule has 0 saturated heterocycles. The first-order valence-corrected chi connectivity index (χ1v) is 18.5. The molecule has 0 fully saturated rings. The molecule has 270 valence electrons. The van der Waals surface area contributed by atoms with Crippen LogP contribution in [0.3, 0.4) is 0 Å². The lowest BCUT2D eigenvalue weighted by atomic mass is 9.92. The van der Waals surface area contributed by atoms with Crippen molar-refractivity contribution in [2.45, 2.75) is 64.8 Å². The summed E-state index contributed by atoms with van der Waals surface area (Å²) in [5.41, 5.74) is 8.64. The first-order chi connectivity index (χ1) is 25.7. The van der Waals surface area contributed by atoms with E-state index in [1.54, 1.807) is 53.2 Å². The summed E-state index contributed by atoms with van der Waals surface area (Å²) >= 11 is 6.27. The second kappa shape index (κ2) is 14.1. The van der Waals surface area contributed by atoms with Crippen LogP contribution in [0.2, 0.25) is 5.02 Å². The number of nitrogens with zero attached hydrogens (tertiary/aromatic N) is 4. The molecule has 53 heavy (non-hydrogen) atoms. The zero-order valence-corrected chi connectivity index (χ0v) is 30.6. The number of amides is 3. The monoisotopic (exact) mass is 728 g/mol. The topological polar surface area (TPSA) is 95.3 Å². The molecule has 0 spiro atoms. The van der Waals surface area contributed by atoms with E-state index in [0.29, 0.717) is 47.2 Å². The molecule has 0 unspecified atom stereocenters. The predicted molar refractivity (Wildman–Crippen MR) is 204 cm³/mol. The van der Waals surface area contributed by atoms with E-state index in [4.69, 9.17) is 16.3 Å². The van der Waals surface area contributed by atoms with E-state index in [-0.39, 0.29) is 36.1 Å². The molecule has 9 nitrogen and oxygen atoms in total. The van der Waals surface area contributed by atoms with Crippen LogP contribution >= 0.6 is 11.6 Å². The summed E-state index contributed by atoms with van der Waals surface area (Å²) < 4.78 is 8.01. The van der Waals surface area contributed by atoms with Gasteiger partial charge in [-0.05, 0) is 109 Å². The van der Waals surface area contributed by atoms with Crippen LogP contribution in [0.5, 0.6) is 11.5 Å². The van der Waals surface area contributed by atoms with E-state index >= 15 is 0 Å². The van der Waals surface area contributed by atoms with E-state index in [9.17, 15) is 19.5 Å². The highest BCUT2D eigenvalue weighted by molar-refractivity contribution is 6.32. The van der Waals surface area contributed by atoms with Crippen molar-refractivity contribution in [1.82, 2.24) is 14.4 Å². The van der Waals surface area contributed by atoms with E-state index in [0.717, 1.165) is 65.9 Å². The third-order valence-corrected chi connectivity index (χ3v) is 11.2. The molecule has 3 aliphatic rings. The van der Waals surface area contributed by atoms with Crippen LogP contribution in [0.1, 0.15) is 68.4 Å². The smallest absolute Gasteiger partial charge is 0.261 e. The fraction of sp³-hybridized carbons (Fsp3) is 0.279. The van der Waals surface area contributed by atoms with Gasteiger partial charge in [-0.2, -0.15) is 0 Å². The maximum absolute atomic E-state index is 14.9. The Morgan fingerprint density at radius 1 is 0.849 bits per heavy atom. The first-order valence-electron chi connectivity index (χ1n) is 18.1. The molecule has 4 aromatic carbocycles. The molecule has 5 aromatic rings. The SMILES string of the molecule is C[C@@H]1Cc2ccccc2CN1C(=O)c1cc2c(cc1-c1cc(C(=O)N(C)c3ccc(O)cc3)c3n1CCCC3)CN(C(=O)COc1ccccc1Cl)C2. The number of rotatable bonds is 7. The van der Waals surface area contributed by atoms with Gasteiger partial charge in [-0.15, -0.1) is 0 Å². The standard InChI is InChI=1S/C43H41ClN4O5/c1-27-19-28-9-3-4-10-29(28)25-48(27)43(52)35-21-31-24-46(41(50)26-53-40-13-6-5-11-37(40)44)23-30(31)20-34(35)39-22-36(38-12-7-8-18-47(38)39)42(51)45(2)32-14-16-33(49)17-15-32/h3-6,9-11,13-17,20-22,27,49H,7-8,12,18-19,23-26H2,1-2H3/t27-/m1/s1. The Hall–Kier alpha value is -5.54. The van der Waals surface area contributed by atoms with Gasteiger partial charge in [-0.1, -0.05) is 48.0 Å². The number of fused-ring (bicyclic) bond motifs is 3. The predicted octanol–water partition coefficient (Wildman–Crippen LogP) is 7.64. The maximum atomic E-state index is 14.9. The van der Waals surface area contributed by atoms with Crippen molar-refractivity contribution in [2.24, 2.45) is 0 Å². The molecule has 0 aliphatic carbocycles. The van der Waals surface area contributed by atoms with Crippen molar-refractivity contribution in [1.29, 1.82) is 0 Å². The number of aromatic nitrogens is 1. The number of phenolic OH excluding ortho intramolecular Hbond substituents is 1. The van der Waals surface area contributed by atoms with E-state index in [1.165, 1.54) is 5.56 Å². The molecule has 3 amide bonds. The zero-order chi connectivity index (χ0) is 36.8. The number of aromatic hydroxyl groups is 1. The molecule has 10 heteroatoms. The lowest BCUT2D eigenvalue weighted by Gasteiger charge is -2.35. The average molecular weight is 729 g/mol. The van der Waals surface area contributed by atoms with Crippen LogP contribution in [0.25, 0.3) is 11.3 Å². The Balaban J connectivity index is 1.18. The third kappa shape index (κ3) is 6.54. The Kier molecular flexibility index (Phi) is 9.20. The largest absolute Gasteiger partial charge is 0.508 e. The minimum Gasteiger partial charge on any atom is -0.508 e. The number of halogens is 1. The van der Waals surface area contributed by atoms with Gasteiger partial charge in [0.2, 0.25) is 0 Å². The number of hydrogen-bond acceptors (Lipinski definition) is 5. The fourth-order valence-corrected chi connectivity index (χ4v) is 8.16. The lowest BCUT2D eigenvalue weighted by molar-refractivity contribution is -0.134. The highest BCUT2D eigenvalue weighted by Gasteiger charge is 2.34. The Morgan fingerprint density at radius 2 is 1.57 bits per heavy atom. The minimum absolute atomic E-state index is 0.0177. The van der Waals surface area contributed by atoms with Gasteiger partial charge >= 0.3 is 0 Å². The molecule has 1 atom stereocenters. The molecule has 8 rings (SSSR count). The van der Waals surface area contributed by atoms with Crippen molar-refractivity contribution in [3.05, 3.63) is 135 Å². The van der Waals surface area contributed by atoms with Crippen LogP contribution in [0.4, 0.5) is 5.69 Å². The van der Waals surface area contributed by atoms with Crippen LogP contribution in [-0.2, 0) is 43.8 Å². The summed E-state index contributed by atoms with van der Waals surface area (Å²) in [6.45, 7) is 3.89. The number of carbonyl (C=O) groups excluding carboxylic acids is 3. The number of carbonyl (C=O) groups is 3. The molecular formula is C43H41ClN4O5. The van der Waals surface area contributed by atoms with Gasteiger partial charge in [0.05, 0.1) is 10.6 Å². The number of anilines is 1. The zero-order valence-electron chi connectivity index (χ0n) is 29.8. The molecule has 1 aromatic heterocycles. The van der Waals surface area contributed by atoms with Crippen molar-refractivity contribution in [2.75, 3.05) is 18.6 Å². The van der Waals surface area contributed by atoms with Crippen molar-refractivity contribution < 1.29 is 24.2 Å². The number of ether oxygens (including phenoxy) is 1. The Labute approximate surface area is 314 Å². The van der Waals surface area contributed by atoms with Gasteiger partial charge in [0, 0.05) is 67.5 Å². The Bertz CT molecular complexity index is 2250. The normalized spacial score (nSPS) is 16.1. The molecule has 1 N–H and O–H groups in total. The summed E-state index contributed by atoms with van der Waals surface area (Å²) in [6.07, 6.45) is 3.42. The molecule has 0 radical (unpaired) electrons. The van der Waals surface area contributed by atoms with Crippen LogP contribution in [0, 0.1) is 0 Å². The minimum atomic E-state index is -0.179. The summed E-state index contributed by atoms with van der Waals surface area (Å²) in [5.74, 6) is 0.176. The second-order valence-electron chi connectivity index (χ2n) is 14.3. The molecule has 0 bridgehead atoms. The fourth-order valence-electron chi connectivity index (χ4n) is 7.97. The molecule has 4 heterocycles. The first kappa shape index (κ1) is 34.5. The molecule has 3 aliphatic heterocycles. The van der Waals surface area contributed by atoms with Crippen molar-refractivity contribution in [3.8, 4) is 22.8 Å². The Morgan fingerprint density at radius 3 is 2.34 bits per heavy atom. The van der Waals surface area contributed by atoms with E-state index in [1.807, 2.05) is 41.3 Å². The highest BCUT2D eigenvalue weighted by Crippen LogP contribution is 2.39. The quantitative estimate of drug-likeness (QED) is 0.186. The highest BCUT2D eigenvalue weighted by atomic mass is 35.5. The van der Waals surface area contributed by atoms with Gasteiger partial charge in [-0.25, -0.2) is 0 Å². The van der Waals surface area contributed by atoms with Crippen LogP contribution < -0.4 is 9.64 Å². The van der Waals surface area contributed by atoms with Gasteiger partial charge in [0.1, 0.15) is 11.5 Å². The molecular weight excluding hydrogens is 688 g/mol. The van der Waals surface area contributed by atoms with E-state index in [2.05, 4.69) is 29.7 Å². The lowest BCUT2D eigenvalue weighted by Crippen LogP contribution is -2.42. The third-order valence-electron chi connectivity index (χ3n) is 10.9. The average Bonchev–Trinajstić information content (AvgIpc) is 3.78. The van der Waals surface area contributed by atoms with Crippen molar-refractivity contribution in [3.63, 3.8) is 0 Å². The number of para-hydroxylation sites is 1. The maximum Gasteiger partial charge on any atom is 0.261 e. The second-order valence-corrected chi connectivity index (χ2v) is 14.7. The van der Waals surface area contributed by atoms with Crippen molar-refractivity contribution >= 4 is 35.0 Å². The number of phenols is 1. The summed E-state index contributed by atoms with van der Waals surface area (Å²) in [6, 6.07) is 27.9. The number of benzene rings is 4. The van der Waals surface area contributed by atoms with Gasteiger partial charge in [0.15, 0.2) is 6.61 Å². The summed E-state index contributed by atoms with van der Waals surface area (Å²) in [4.78, 5) is 47.8. The van der Waals surface area contributed by atoms with Crippen LogP contribution in [0.15, 0.2) is 91.0 Å². The summed E-state index contributed by atoms with van der Waals surface area (Å²) in [5, 5.41) is 10.3. The van der Waals surface area contributed by atoms with Gasteiger partial charge in [0.25, 0.3) is 17.7 Å². The van der Waals surface area contributed by atoms with Gasteiger partial charge in [-0.3, -0.25) is 14.4 Å². The number of hydrogen-bond donors (Lipinski definition) is 1. The van der Waals surface area contributed by atoms with Gasteiger partial charge < -0.3 is 29.1 Å². The van der Waals surface area contributed by atoms with E-state index < -0.39 is 0 Å². The van der Waals surface area contributed by atoms with Crippen LogP contribution in [-0.4, -0.2) is 56.9 Å².